The summed E-state index contributed by atoms with van der Waals surface area (Å²) in [7, 11) is 4.79. The van der Waals surface area contributed by atoms with Gasteiger partial charge in [-0.2, -0.15) is 0 Å². The maximum absolute atomic E-state index is 12.8. The van der Waals surface area contributed by atoms with Crippen LogP contribution in [0.25, 0.3) is 11.0 Å². The van der Waals surface area contributed by atoms with E-state index < -0.39 is 53.5 Å². The quantitative estimate of drug-likeness (QED) is 0.229. The van der Waals surface area contributed by atoms with Crippen LogP contribution in [0.5, 0.6) is 11.5 Å². The van der Waals surface area contributed by atoms with Crippen LogP contribution in [-0.4, -0.2) is 89.9 Å². The number of aromatic nitrogens is 1. The third kappa shape index (κ3) is 6.07. The van der Waals surface area contributed by atoms with E-state index >= 15 is 0 Å². The second-order valence-electron chi connectivity index (χ2n) is 10.7. The summed E-state index contributed by atoms with van der Waals surface area (Å²) < 4.78 is 28.7. The number of methoxy groups -OCH3 is 1. The molecule has 4 N–H and O–H groups in total. The molecule has 1 fully saturated rings. The van der Waals surface area contributed by atoms with Gasteiger partial charge >= 0.3 is 11.6 Å². The van der Waals surface area contributed by atoms with E-state index in [-0.39, 0.29) is 34.6 Å². The number of fused-ring (bicyclic) bond motifs is 1. The maximum atomic E-state index is 12.8. The molecule has 13 nitrogen and oxygen atoms in total. The number of aliphatic hydroxyl groups is 1. The number of aromatic hydroxyl groups is 1. The van der Waals surface area contributed by atoms with E-state index in [1.807, 2.05) is 0 Å². The van der Waals surface area contributed by atoms with Crippen LogP contribution >= 0.6 is 0 Å². The van der Waals surface area contributed by atoms with Gasteiger partial charge in [0.2, 0.25) is 12.2 Å². The Kier molecular flexibility index (Phi) is 8.45. The number of aromatic amines is 1. The minimum absolute atomic E-state index is 0.00629. The van der Waals surface area contributed by atoms with Gasteiger partial charge in [0.05, 0.1) is 17.5 Å². The molecule has 41 heavy (non-hydrogen) atoms. The Morgan fingerprint density at radius 2 is 1.88 bits per heavy atom. The average molecular weight is 574 g/mol. The molecule has 1 amide bonds. The lowest BCUT2D eigenvalue weighted by atomic mass is 9.89. The zero-order valence-corrected chi connectivity index (χ0v) is 23.9. The van der Waals surface area contributed by atoms with Crippen molar-refractivity contribution in [1.29, 1.82) is 0 Å². The number of anilines is 1. The molecule has 2 aromatic heterocycles. The molecule has 0 saturated carbocycles. The molecule has 3 aromatic rings. The smallest absolute Gasteiger partial charge is 0.364 e. The van der Waals surface area contributed by atoms with E-state index in [9.17, 15) is 24.6 Å². The van der Waals surface area contributed by atoms with Crippen LogP contribution in [0.2, 0.25) is 0 Å². The fourth-order valence-corrected chi connectivity index (χ4v) is 4.82. The second kappa shape index (κ2) is 11.5. The molecule has 3 heterocycles. The number of esters is 1. The van der Waals surface area contributed by atoms with Gasteiger partial charge < -0.3 is 48.8 Å². The zero-order chi connectivity index (χ0) is 30.2. The predicted octanol–water partition coefficient (Wildman–Crippen LogP) is 2.06. The first-order chi connectivity index (χ1) is 19.2. The van der Waals surface area contributed by atoms with Gasteiger partial charge in [-0.25, -0.2) is 9.59 Å². The van der Waals surface area contributed by atoms with E-state index in [0.717, 1.165) is 5.69 Å². The number of ether oxygens (including phenoxy) is 4. The number of nitrogens with one attached hydrogen (secondary N) is 2. The number of aryl methyl sites for hydroxylation is 2. The van der Waals surface area contributed by atoms with Gasteiger partial charge in [-0.3, -0.25) is 4.79 Å². The molecule has 0 bridgehead atoms. The summed E-state index contributed by atoms with van der Waals surface area (Å²) in [5.41, 5.74) is -1.08. The van der Waals surface area contributed by atoms with Crippen molar-refractivity contribution in [1.82, 2.24) is 9.88 Å². The maximum Gasteiger partial charge on any atom is 0.364 e. The Bertz CT molecular complexity index is 1510. The third-order valence-electron chi connectivity index (χ3n) is 6.78. The van der Waals surface area contributed by atoms with Crippen LogP contribution in [-0.2, 0) is 19.0 Å². The number of nitrogens with zero attached hydrogens (tertiary/aromatic N) is 1. The number of aliphatic hydroxyl groups excluding tert-OH is 1. The summed E-state index contributed by atoms with van der Waals surface area (Å²) >= 11 is 0. The standard InChI is InChI=1S/C28H35N3O10/c1-13-8-10-16(29-13)25(35)40-23-21(34)27(41-28(3,4)24(23)37-7)38-17-11-9-15-20(33)19(30-18(32)12-31(5)6)26(36)39-22(15)14(17)2/h8-11,21,23-24,27,29,33-34H,12H2,1-7H3,(H,30,32)/t21-,23+,24-,27-/m1/s1. The van der Waals surface area contributed by atoms with E-state index in [2.05, 4.69) is 10.3 Å². The number of benzene rings is 1. The number of likely N-dealkylation sites (N-methyl/N-ethyl adjacent to an activating group) is 1. The summed E-state index contributed by atoms with van der Waals surface area (Å²) in [6, 6.07) is 6.24. The van der Waals surface area contributed by atoms with Crippen LogP contribution in [0.15, 0.2) is 33.5 Å². The summed E-state index contributed by atoms with van der Waals surface area (Å²) in [5, 5.41) is 24.5. The largest absolute Gasteiger partial charge is 0.505 e. The molecule has 13 heteroatoms. The first kappa shape index (κ1) is 30.1. The van der Waals surface area contributed by atoms with Crippen molar-refractivity contribution >= 4 is 28.5 Å². The van der Waals surface area contributed by atoms with E-state index in [1.165, 1.54) is 19.2 Å². The molecule has 0 spiro atoms. The number of hydrogen-bond acceptors (Lipinski definition) is 11. The first-order valence-corrected chi connectivity index (χ1v) is 12.9. The van der Waals surface area contributed by atoms with Crippen molar-refractivity contribution < 1.29 is 43.2 Å². The topological polar surface area (TPSA) is 173 Å². The lowest BCUT2D eigenvalue weighted by molar-refractivity contribution is -0.305. The normalized spacial score (nSPS) is 22.1. The van der Waals surface area contributed by atoms with E-state index in [1.54, 1.807) is 58.8 Å². The van der Waals surface area contributed by atoms with Crippen molar-refractivity contribution in [2.24, 2.45) is 0 Å². The third-order valence-corrected chi connectivity index (χ3v) is 6.78. The molecule has 1 aliphatic heterocycles. The molecule has 222 valence electrons. The van der Waals surface area contributed by atoms with Crippen molar-refractivity contribution in [2.75, 3.05) is 33.1 Å². The number of carbonyl (C=O) groups excluding carboxylic acids is 2. The van der Waals surface area contributed by atoms with Gasteiger partial charge in [0, 0.05) is 18.4 Å². The van der Waals surface area contributed by atoms with Gasteiger partial charge in [0.25, 0.3) is 0 Å². The van der Waals surface area contributed by atoms with Crippen LogP contribution in [0, 0.1) is 13.8 Å². The fourth-order valence-electron chi connectivity index (χ4n) is 4.82. The Balaban J connectivity index is 1.63. The highest BCUT2D eigenvalue weighted by Gasteiger charge is 2.53. The summed E-state index contributed by atoms with van der Waals surface area (Å²) in [6.07, 6.45) is -4.80. The molecule has 0 unspecified atom stereocenters. The van der Waals surface area contributed by atoms with Crippen LogP contribution < -0.4 is 15.7 Å². The van der Waals surface area contributed by atoms with Gasteiger partial charge in [0.1, 0.15) is 23.1 Å². The lowest BCUT2D eigenvalue weighted by Crippen LogP contribution is -2.65. The second-order valence-corrected chi connectivity index (χ2v) is 10.7. The van der Waals surface area contributed by atoms with E-state index in [4.69, 9.17) is 23.4 Å². The summed E-state index contributed by atoms with van der Waals surface area (Å²) in [5.74, 6) is -1.48. The Morgan fingerprint density at radius 3 is 2.49 bits per heavy atom. The number of rotatable bonds is 8. The molecule has 0 radical (unpaired) electrons. The summed E-state index contributed by atoms with van der Waals surface area (Å²) in [4.78, 5) is 42.2. The molecule has 1 aromatic carbocycles. The molecule has 4 atom stereocenters. The fraction of sp³-hybridized carbons (Fsp3) is 0.464. The minimum atomic E-state index is -1.47. The average Bonchev–Trinajstić information content (AvgIpc) is 3.32. The molecule has 1 saturated heterocycles. The number of carbonyl (C=O) groups is 2. The number of amides is 1. The number of hydrogen-bond donors (Lipinski definition) is 4. The highest BCUT2D eigenvalue weighted by Crippen LogP contribution is 2.38. The SMILES string of the molecule is CO[C@@H]1[C@@H](OC(=O)c2ccc(C)[nH]2)[C@@H](O)[C@H](Oc2ccc3c(O)c(NC(=O)CN(C)C)c(=O)oc3c2C)OC1(C)C. The van der Waals surface area contributed by atoms with Crippen molar-refractivity contribution in [3.8, 4) is 11.5 Å². The van der Waals surface area contributed by atoms with Crippen LogP contribution in [0.4, 0.5) is 5.69 Å². The van der Waals surface area contributed by atoms with Gasteiger partial charge in [-0.05, 0) is 66.1 Å². The Hall–Kier alpha value is -3.91. The summed E-state index contributed by atoms with van der Waals surface area (Å²) in [6.45, 7) is 6.79. The van der Waals surface area contributed by atoms with Crippen molar-refractivity contribution in [3.63, 3.8) is 0 Å². The monoisotopic (exact) mass is 573 g/mol. The number of H-pyrrole nitrogens is 1. The Labute approximate surface area is 235 Å². The lowest BCUT2D eigenvalue weighted by Gasteiger charge is -2.47. The molecule has 4 rings (SSSR count). The van der Waals surface area contributed by atoms with Crippen LogP contribution in [0.1, 0.15) is 35.6 Å². The molecule has 0 aliphatic carbocycles. The minimum Gasteiger partial charge on any atom is -0.505 e. The molecular formula is C28H35N3O10. The molecule has 1 aliphatic rings. The highest BCUT2D eigenvalue weighted by molar-refractivity contribution is 5.98. The van der Waals surface area contributed by atoms with Gasteiger partial charge in [-0.15, -0.1) is 0 Å². The van der Waals surface area contributed by atoms with Gasteiger partial charge in [-0.1, -0.05) is 0 Å². The molecular weight excluding hydrogens is 538 g/mol. The Morgan fingerprint density at radius 1 is 1.17 bits per heavy atom. The predicted molar refractivity (Wildman–Crippen MR) is 147 cm³/mol. The van der Waals surface area contributed by atoms with Crippen molar-refractivity contribution in [3.05, 3.63) is 51.6 Å². The zero-order valence-electron chi connectivity index (χ0n) is 23.9. The van der Waals surface area contributed by atoms with E-state index in [0.29, 0.717) is 5.56 Å². The van der Waals surface area contributed by atoms with Crippen LogP contribution in [0.3, 0.4) is 0 Å². The van der Waals surface area contributed by atoms with Crippen molar-refractivity contribution in [2.45, 2.75) is 57.9 Å². The van der Waals surface area contributed by atoms with Gasteiger partial charge in [0.15, 0.2) is 23.6 Å². The first-order valence-electron chi connectivity index (χ1n) is 12.9. The highest BCUT2D eigenvalue weighted by atomic mass is 16.7.